The van der Waals surface area contributed by atoms with Gasteiger partial charge in [-0.05, 0) is 44.5 Å². The summed E-state index contributed by atoms with van der Waals surface area (Å²) < 4.78 is 0. The van der Waals surface area contributed by atoms with E-state index in [0.29, 0.717) is 12.6 Å². The van der Waals surface area contributed by atoms with Crippen molar-refractivity contribution in [1.29, 1.82) is 0 Å². The van der Waals surface area contributed by atoms with Crippen LogP contribution < -0.4 is 5.32 Å². The smallest absolute Gasteiger partial charge is 0.176 e. The van der Waals surface area contributed by atoms with Gasteiger partial charge in [0.05, 0.1) is 6.54 Å². The van der Waals surface area contributed by atoms with Crippen molar-refractivity contribution in [2.24, 2.45) is 0 Å². The van der Waals surface area contributed by atoms with Gasteiger partial charge in [0.15, 0.2) is 5.78 Å². The number of benzene rings is 1. The van der Waals surface area contributed by atoms with Crippen molar-refractivity contribution in [1.82, 2.24) is 10.2 Å². The van der Waals surface area contributed by atoms with E-state index < -0.39 is 0 Å². The van der Waals surface area contributed by atoms with E-state index in [0.717, 1.165) is 44.5 Å². The highest BCUT2D eigenvalue weighted by molar-refractivity contribution is 5.97. The summed E-state index contributed by atoms with van der Waals surface area (Å²) in [7, 11) is 0. The molecule has 0 aromatic heterocycles. The Morgan fingerprint density at radius 1 is 1.20 bits per heavy atom. The van der Waals surface area contributed by atoms with Gasteiger partial charge in [0.1, 0.15) is 0 Å². The number of nitrogens with zero attached hydrogens (tertiary/aromatic N) is 1. The van der Waals surface area contributed by atoms with Gasteiger partial charge in [-0.2, -0.15) is 0 Å². The highest BCUT2D eigenvalue weighted by Crippen LogP contribution is 2.13. The number of nitrogens with one attached hydrogen (secondary N) is 1. The Kier molecular flexibility index (Phi) is 5.74. The van der Waals surface area contributed by atoms with E-state index >= 15 is 0 Å². The molecule has 0 aliphatic carbocycles. The molecular formula is C17H26N2O. The predicted molar refractivity (Wildman–Crippen MR) is 83.3 cm³/mol. The minimum Gasteiger partial charge on any atom is -0.317 e. The van der Waals surface area contributed by atoms with Gasteiger partial charge in [-0.25, -0.2) is 0 Å². The van der Waals surface area contributed by atoms with Crippen LogP contribution in [0, 0.1) is 0 Å². The van der Waals surface area contributed by atoms with Crippen molar-refractivity contribution in [3.05, 3.63) is 35.4 Å². The zero-order chi connectivity index (χ0) is 14.4. The summed E-state index contributed by atoms with van der Waals surface area (Å²) in [6.45, 7) is 7.92. The largest absolute Gasteiger partial charge is 0.317 e. The van der Waals surface area contributed by atoms with Crippen molar-refractivity contribution >= 4 is 5.78 Å². The third kappa shape index (κ3) is 3.90. The molecule has 1 aliphatic heterocycles. The maximum absolute atomic E-state index is 12.4. The van der Waals surface area contributed by atoms with Crippen LogP contribution in [0.5, 0.6) is 0 Å². The normalized spacial score (nSPS) is 16.6. The summed E-state index contributed by atoms with van der Waals surface area (Å²) in [5.41, 5.74) is 2.13. The zero-order valence-electron chi connectivity index (χ0n) is 12.7. The highest BCUT2D eigenvalue weighted by Gasteiger charge is 2.21. The number of piperidine rings is 1. The van der Waals surface area contributed by atoms with Gasteiger partial charge in [-0.3, -0.25) is 9.69 Å². The van der Waals surface area contributed by atoms with Crippen LogP contribution in [0.15, 0.2) is 24.3 Å². The van der Waals surface area contributed by atoms with Crippen LogP contribution in [0.2, 0.25) is 0 Å². The lowest BCUT2D eigenvalue weighted by Gasteiger charge is -2.33. The van der Waals surface area contributed by atoms with Gasteiger partial charge >= 0.3 is 0 Å². The molecule has 1 N–H and O–H groups in total. The molecule has 0 atom stereocenters. The minimum absolute atomic E-state index is 0.244. The predicted octanol–water partition coefficient (Wildman–Crippen LogP) is 2.51. The molecule has 0 radical (unpaired) electrons. The van der Waals surface area contributed by atoms with Crippen LogP contribution in [-0.4, -0.2) is 42.9 Å². The van der Waals surface area contributed by atoms with Gasteiger partial charge in [-0.15, -0.1) is 0 Å². The molecule has 1 heterocycles. The lowest BCUT2D eigenvalue weighted by Crippen LogP contribution is -2.45. The Bertz CT molecular complexity index is 421. The molecule has 3 heteroatoms. The Morgan fingerprint density at radius 3 is 2.40 bits per heavy atom. The fourth-order valence-corrected chi connectivity index (χ4v) is 2.87. The van der Waals surface area contributed by atoms with E-state index in [1.165, 1.54) is 5.56 Å². The lowest BCUT2D eigenvalue weighted by molar-refractivity contribution is 0.0874. The summed E-state index contributed by atoms with van der Waals surface area (Å²) in [6.07, 6.45) is 3.32. The van der Waals surface area contributed by atoms with Crippen LogP contribution in [0.4, 0.5) is 0 Å². The summed E-state index contributed by atoms with van der Waals surface area (Å²) in [5.74, 6) is 0.244. The van der Waals surface area contributed by atoms with Gasteiger partial charge in [0.2, 0.25) is 0 Å². The van der Waals surface area contributed by atoms with Gasteiger partial charge in [0, 0.05) is 11.6 Å². The molecule has 0 amide bonds. The first-order chi connectivity index (χ1) is 9.74. The molecule has 0 unspecified atom stereocenters. The monoisotopic (exact) mass is 274 g/mol. The maximum atomic E-state index is 12.4. The van der Waals surface area contributed by atoms with Crippen LogP contribution >= 0.6 is 0 Å². The second-order valence-corrected chi connectivity index (χ2v) is 5.52. The molecule has 0 saturated carbocycles. The summed E-state index contributed by atoms with van der Waals surface area (Å²) in [5, 5.41) is 3.38. The van der Waals surface area contributed by atoms with Gasteiger partial charge in [-0.1, -0.05) is 38.1 Å². The maximum Gasteiger partial charge on any atom is 0.176 e. The fraction of sp³-hybridized carbons (Fsp3) is 0.588. The molecule has 1 fully saturated rings. The number of carbonyl (C=O) groups excluding carboxylic acids is 1. The summed E-state index contributed by atoms with van der Waals surface area (Å²) in [6, 6.07) is 8.62. The standard InChI is InChI=1S/C17H26N2O/c1-3-14-5-7-15(8-6-14)17(20)13-19(4-2)16-9-11-18-12-10-16/h5-8,16,18H,3-4,9-13H2,1-2H3. The number of likely N-dealkylation sites (N-methyl/N-ethyl adjacent to an activating group) is 1. The first-order valence-corrected chi connectivity index (χ1v) is 7.81. The van der Waals surface area contributed by atoms with Gasteiger partial charge < -0.3 is 5.32 Å². The second-order valence-electron chi connectivity index (χ2n) is 5.52. The zero-order valence-corrected chi connectivity index (χ0v) is 12.7. The number of Topliss-reactive ketones (excluding diaryl/α,β-unsaturated/α-hetero) is 1. The van der Waals surface area contributed by atoms with E-state index in [9.17, 15) is 4.79 Å². The molecule has 1 aromatic rings. The molecular weight excluding hydrogens is 248 g/mol. The minimum atomic E-state index is 0.244. The average Bonchev–Trinajstić information content (AvgIpc) is 2.53. The van der Waals surface area contributed by atoms with Crippen LogP contribution in [0.1, 0.15) is 42.6 Å². The van der Waals surface area contributed by atoms with Crippen molar-refractivity contribution < 1.29 is 4.79 Å². The second kappa shape index (κ2) is 7.55. The Morgan fingerprint density at radius 2 is 1.85 bits per heavy atom. The van der Waals surface area contributed by atoms with Crippen molar-refractivity contribution in [2.75, 3.05) is 26.2 Å². The molecule has 1 saturated heterocycles. The third-order valence-corrected chi connectivity index (χ3v) is 4.26. The highest BCUT2D eigenvalue weighted by atomic mass is 16.1. The molecule has 110 valence electrons. The molecule has 2 rings (SSSR count). The average molecular weight is 274 g/mol. The number of ketones is 1. The van der Waals surface area contributed by atoms with E-state index in [1.807, 2.05) is 12.1 Å². The number of hydrogen-bond donors (Lipinski definition) is 1. The first-order valence-electron chi connectivity index (χ1n) is 7.81. The molecule has 0 spiro atoms. The van der Waals surface area contributed by atoms with Crippen molar-refractivity contribution in [2.45, 2.75) is 39.2 Å². The van der Waals surface area contributed by atoms with Crippen molar-refractivity contribution in [3.8, 4) is 0 Å². The van der Waals surface area contributed by atoms with Crippen molar-refractivity contribution in [3.63, 3.8) is 0 Å². The van der Waals surface area contributed by atoms with E-state index in [4.69, 9.17) is 0 Å². The van der Waals surface area contributed by atoms with Gasteiger partial charge in [0.25, 0.3) is 0 Å². The lowest BCUT2D eigenvalue weighted by atomic mass is 10.0. The van der Waals surface area contributed by atoms with Crippen LogP contribution in [-0.2, 0) is 6.42 Å². The molecule has 3 nitrogen and oxygen atoms in total. The number of aryl methyl sites for hydroxylation is 1. The van der Waals surface area contributed by atoms with Crippen LogP contribution in [0.25, 0.3) is 0 Å². The first kappa shape index (κ1) is 15.2. The van der Waals surface area contributed by atoms with E-state index in [1.54, 1.807) is 0 Å². The molecule has 1 aliphatic rings. The topological polar surface area (TPSA) is 32.3 Å². The number of hydrogen-bond acceptors (Lipinski definition) is 3. The quantitative estimate of drug-likeness (QED) is 0.809. The molecule has 1 aromatic carbocycles. The summed E-state index contributed by atoms with van der Waals surface area (Å²) in [4.78, 5) is 14.7. The van der Waals surface area contributed by atoms with E-state index in [2.05, 4.69) is 36.2 Å². The third-order valence-electron chi connectivity index (χ3n) is 4.26. The fourth-order valence-electron chi connectivity index (χ4n) is 2.87. The number of carbonyl (C=O) groups is 1. The Balaban J connectivity index is 1.96. The Hall–Kier alpha value is -1.19. The van der Waals surface area contributed by atoms with E-state index in [-0.39, 0.29) is 5.78 Å². The SMILES string of the molecule is CCc1ccc(C(=O)CN(CC)C2CCNCC2)cc1. The molecule has 0 bridgehead atoms. The number of rotatable bonds is 6. The van der Waals surface area contributed by atoms with Crippen LogP contribution in [0.3, 0.4) is 0 Å². The molecule has 20 heavy (non-hydrogen) atoms. The summed E-state index contributed by atoms with van der Waals surface area (Å²) >= 11 is 0. The Labute approximate surface area is 122 Å².